The first-order chi connectivity index (χ1) is 11.5. The van der Waals surface area contributed by atoms with Gasteiger partial charge in [0.2, 0.25) is 0 Å². The van der Waals surface area contributed by atoms with Gasteiger partial charge in [-0.1, -0.05) is 15.9 Å². The third-order valence-electron chi connectivity index (χ3n) is 3.81. The fraction of sp³-hybridized carbons (Fsp3) is 0.222. The molecule has 0 fully saturated rings. The number of aryl methyl sites for hydroxylation is 3. The van der Waals surface area contributed by atoms with Crippen LogP contribution in [0, 0.1) is 13.8 Å². The maximum absolute atomic E-state index is 12.6. The maximum atomic E-state index is 12.6. The summed E-state index contributed by atoms with van der Waals surface area (Å²) < 4.78 is 3.15. The molecule has 3 aromatic rings. The van der Waals surface area contributed by atoms with Crippen LogP contribution in [0.3, 0.4) is 0 Å². The first-order valence-electron chi connectivity index (χ1n) is 7.70. The lowest BCUT2D eigenvalue weighted by Crippen LogP contribution is -2.11. The Bertz CT molecular complexity index is 898. The van der Waals surface area contributed by atoms with Crippen molar-refractivity contribution in [3.05, 3.63) is 57.1 Å². The van der Waals surface area contributed by atoms with Gasteiger partial charge in [0.1, 0.15) is 9.88 Å². The van der Waals surface area contributed by atoms with Crippen LogP contribution in [0.25, 0.3) is 10.7 Å². The molecule has 0 saturated heterocycles. The Morgan fingerprint density at radius 3 is 2.83 bits per heavy atom. The highest BCUT2D eigenvalue weighted by molar-refractivity contribution is 9.10. The molecule has 6 heteroatoms. The molecule has 1 aromatic carbocycles. The molecule has 0 aliphatic carbocycles. The van der Waals surface area contributed by atoms with Gasteiger partial charge >= 0.3 is 0 Å². The van der Waals surface area contributed by atoms with E-state index in [1.54, 1.807) is 0 Å². The summed E-state index contributed by atoms with van der Waals surface area (Å²) >= 11 is 4.90. The van der Waals surface area contributed by atoms with Crippen LogP contribution in [0.2, 0.25) is 0 Å². The van der Waals surface area contributed by atoms with Gasteiger partial charge in [-0.25, -0.2) is 4.98 Å². The highest BCUT2D eigenvalue weighted by Gasteiger charge is 2.18. The van der Waals surface area contributed by atoms with E-state index in [0.29, 0.717) is 4.88 Å². The van der Waals surface area contributed by atoms with Gasteiger partial charge in [0, 0.05) is 22.9 Å². The number of carbonyl (C=O) groups excluding carboxylic acids is 1. The molecule has 0 spiro atoms. The number of halogens is 1. The lowest BCUT2D eigenvalue weighted by Gasteiger charge is -2.06. The van der Waals surface area contributed by atoms with Gasteiger partial charge in [-0.05, 0) is 56.7 Å². The molecule has 2 heterocycles. The Hall–Kier alpha value is -1.92. The second kappa shape index (κ2) is 6.91. The molecule has 124 valence electrons. The first-order valence-corrected chi connectivity index (χ1v) is 9.31. The van der Waals surface area contributed by atoms with Gasteiger partial charge in [-0.3, -0.25) is 4.79 Å². The van der Waals surface area contributed by atoms with E-state index in [2.05, 4.69) is 37.7 Å². The van der Waals surface area contributed by atoms with E-state index in [4.69, 9.17) is 0 Å². The summed E-state index contributed by atoms with van der Waals surface area (Å²) in [5.41, 5.74) is 3.66. The van der Waals surface area contributed by atoms with Crippen molar-refractivity contribution in [2.45, 2.75) is 27.3 Å². The molecular formula is C18H18BrN3OS. The minimum Gasteiger partial charge on any atom is -0.346 e. The van der Waals surface area contributed by atoms with E-state index in [1.807, 2.05) is 50.4 Å². The van der Waals surface area contributed by atoms with E-state index in [1.165, 1.54) is 11.3 Å². The average Bonchev–Trinajstić information content (AvgIpc) is 3.16. The first kappa shape index (κ1) is 16.9. The van der Waals surface area contributed by atoms with Crippen LogP contribution >= 0.6 is 27.3 Å². The van der Waals surface area contributed by atoms with Gasteiger partial charge in [-0.15, -0.1) is 11.3 Å². The van der Waals surface area contributed by atoms with Crippen LogP contribution in [-0.4, -0.2) is 15.5 Å². The molecule has 0 radical (unpaired) electrons. The van der Waals surface area contributed by atoms with Gasteiger partial charge < -0.3 is 9.88 Å². The Kier molecular flexibility index (Phi) is 4.87. The quantitative estimate of drug-likeness (QED) is 0.645. The molecule has 4 nitrogen and oxygen atoms in total. The molecule has 0 unspecified atom stereocenters. The van der Waals surface area contributed by atoms with Crippen molar-refractivity contribution in [2.75, 3.05) is 5.32 Å². The second-order valence-corrected chi connectivity index (χ2v) is 7.38. The molecule has 0 atom stereocenters. The molecule has 2 aromatic heterocycles. The number of hydrogen-bond acceptors (Lipinski definition) is 3. The predicted octanol–water partition coefficient (Wildman–Crippen LogP) is 5.26. The summed E-state index contributed by atoms with van der Waals surface area (Å²) in [5, 5.41) is 3.83. The van der Waals surface area contributed by atoms with Crippen LogP contribution in [0.4, 0.5) is 5.69 Å². The van der Waals surface area contributed by atoms with E-state index < -0.39 is 0 Å². The number of aromatic nitrogens is 2. The smallest absolute Gasteiger partial charge is 0.267 e. The molecule has 1 amide bonds. The molecule has 3 rings (SSSR count). The molecule has 0 saturated carbocycles. The van der Waals surface area contributed by atoms with Gasteiger partial charge in [0.25, 0.3) is 5.91 Å². The van der Waals surface area contributed by atoms with E-state index in [-0.39, 0.29) is 5.91 Å². The summed E-state index contributed by atoms with van der Waals surface area (Å²) in [7, 11) is 0. The zero-order valence-electron chi connectivity index (χ0n) is 13.8. The molecule has 0 aliphatic rings. The van der Waals surface area contributed by atoms with Gasteiger partial charge in [0.15, 0.2) is 0 Å². The minimum absolute atomic E-state index is 0.118. The van der Waals surface area contributed by atoms with Crippen LogP contribution in [0.15, 0.2) is 41.0 Å². The fourth-order valence-electron chi connectivity index (χ4n) is 2.51. The van der Waals surface area contributed by atoms with Crippen molar-refractivity contribution in [2.24, 2.45) is 0 Å². The zero-order valence-corrected chi connectivity index (χ0v) is 16.2. The lowest BCUT2D eigenvalue weighted by molar-refractivity contribution is 0.103. The second-order valence-electron chi connectivity index (χ2n) is 5.53. The Morgan fingerprint density at radius 1 is 1.33 bits per heavy atom. The summed E-state index contributed by atoms with van der Waals surface area (Å²) in [6.45, 7) is 6.84. The molecule has 24 heavy (non-hydrogen) atoms. The number of thiazole rings is 1. The highest BCUT2D eigenvalue weighted by atomic mass is 79.9. The van der Waals surface area contributed by atoms with Crippen molar-refractivity contribution >= 4 is 38.9 Å². The third kappa shape index (κ3) is 3.30. The topological polar surface area (TPSA) is 46.9 Å². The maximum Gasteiger partial charge on any atom is 0.267 e. The molecule has 1 N–H and O–H groups in total. The van der Waals surface area contributed by atoms with Crippen molar-refractivity contribution in [1.82, 2.24) is 9.55 Å². The van der Waals surface area contributed by atoms with Gasteiger partial charge in [-0.2, -0.15) is 0 Å². The number of rotatable bonds is 4. The fourth-order valence-corrected chi connectivity index (χ4v) is 3.76. The summed E-state index contributed by atoms with van der Waals surface area (Å²) in [4.78, 5) is 17.8. The number of amides is 1. The summed E-state index contributed by atoms with van der Waals surface area (Å²) in [6.07, 6.45) is 2.02. The summed E-state index contributed by atoms with van der Waals surface area (Å²) in [6, 6.07) is 9.79. The van der Waals surface area contributed by atoms with E-state index in [9.17, 15) is 4.79 Å². The Morgan fingerprint density at radius 2 is 2.12 bits per heavy atom. The largest absolute Gasteiger partial charge is 0.346 e. The number of anilines is 1. The van der Waals surface area contributed by atoms with E-state index >= 15 is 0 Å². The summed E-state index contributed by atoms with van der Waals surface area (Å²) in [5.74, 6) is -0.118. The number of nitrogens with zero attached hydrogens (tertiary/aromatic N) is 2. The zero-order chi connectivity index (χ0) is 17.3. The SMILES string of the molecule is CCn1cccc1-c1nc(C)c(C(=O)Nc2ccc(Br)c(C)c2)s1. The predicted molar refractivity (Wildman–Crippen MR) is 103 cm³/mol. The van der Waals surface area contributed by atoms with Crippen LogP contribution in [0.1, 0.15) is 27.9 Å². The van der Waals surface area contributed by atoms with Crippen LogP contribution < -0.4 is 5.32 Å². The van der Waals surface area contributed by atoms with Crippen molar-refractivity contribution < 1.29 is 4.79 Å². The number of benzene rings is 1. The molecule has 0 bridgehead atoms. The van der Waals surface area contributed by atoms with Crippen molar-refractivity contribution in [3.8, 4) is 10.7 Å². The third-order valence-corrected chi connectivity index (χ3v) is 5.88. The molecular weight excluding hydrogens is 386 g/mol. The minimum atomic E-state index is -0.118. The van der Waals surface area contributed by atoms with Crippen molar-refractivity contribution in [1.29, 1.82) is 0 Å². The van der Waals surface area contributed by atoms with Crippen LogP contribution in [-0.2, 0) is 6.54 Å². The van der Waals surface area contributed by atoms with Crippen LogP contribution in [0.5, 0.6) is 0 Å². The monoisotopic (exact) mass is 403 g/mol. The van der Waals surface area contributed by atoms with Gasteiger partial charge in [0.05, 0.1) is 11.4 Å². The number of hydrogen-bond donors (Lipinski definition) is 1. The molecule has 0 aliphatic heterocycles. The Balaban J connectivity index is 1.87. The van der Waals surface area contributed by atoms with E-state index in [0.717, 1.165) is 38.7 Å². The van der Waals surface area contributed by atoms with Crippen molar-refractivity contribution in [3.63, 3.8) is 0 Å². The Labute approximate surface area is 153 Å². The number of carbonyl (C=O) groups is 1. The average molecular weight is 404 g/mol. The number of nitrogens with one attached hydrogen (secondary N) is 1. The highest BCUT2D eigenvalue weighted by Crippen LogP contribution is 2.29. The lowest BCUT2D eigenvalue weighted by atomic mass is 10.2. The normalized spacial score (nSPS) is 10.8. The standard InChI is InChI=1S/C18H18BrN3OS/c1-4-22-9-5-6-15(22)18-20-12(3)16(24-18)17(23)21-13-7-8-14(19)11(2)10-13/h5-10H,4H2,1-3H3,(H,21,23).